The average Bonchev–Trinajstić information content (AvgIpc) is 3.12. The van der Waals surface area contributed by atoms with Gasteiger partial charge < -0.3 is 9.15 Å². The molecule has 0 bridgehead atoms. The molecule has 0 aliphatic rings. The van der Waals surface area contributed by atoms with Crippen molar-refractivity contribution in [3.63, 3.8) is 0 Å². The maximum atomic E-state index is 14.5. The van der Waals surface area contributed by atoms with Crippen LogP contribution in [0, 0.1) is 5.82 Å². The Kier molecular flexibility index (Phi) is 5.80. The highest BCUT2D eigenvalue weighted by Gasteiger charge is 2.39. The lowest BCUT2D eigenvalue weighted by Crippen LogP contribution is -2.14. The largest absolute Gasteiger partial charge is 0.492 e. The number of primary sulfonamides is 2. The predicted octanol–water partition coefficient (Wildman–Crippen LogP) is 2.47. The van der Waals surface area contributed by atoms with Crippen molar-refractivity contribution in [1.82, 2.24) is 4.98 Å². The van der Waals surface area contributed by atoms with Gasteiger partial charge in [-0.3, -0.25) is 0 Å². The van der Waals surface area contributed by atoms with Crippen LogP contribution in [0.4, 0.5) is 17.6 Å². The van der Waals surface area contributed by atoms with E-state index in [2.05, 4.69) is 9.72 Å². The molecule has 172 valence electrons. The summed E-state index contributed by atoms with van der Waals surface area (Å²) in [4.78, 5) is 2.18. The molecule has 0 amide bonds. The molecule has 0 aliphatic carbocycles. The molecule has 9 nitrogen and oxygen atoms in total. The van der Waals surface area contributed by atoms with Crippen LogP contribution in [0.5, 0.6) is 5.75 Å². The van der Waals surface area contributed by atoms with E-state index in [9.17, 15) is 34.4 Å². The first-order valence-electron chi connectivity index (χ1n) is 8.25. The smallest absolute Gasteiger partial charge is 0.468 e. The molecular weight excluding hydrogens is 482 g/mol. The number of nitrogens with zero attached hydrogens (tertiary/aromatic N) is 1. The summed E-state index contributed by atoms with van der Waals surface area (Å²) in [6, 6.07) is 5.66. The number of hydrogen-bond donors (Lipinski definition) is 2. The summed E-state index contributed by atoms with van der Waals surface area (Å²) >= 11 is 0. The molecule has 0 saturated heterocycles. The molecule has 0 atom stereocenters. The highest BCUT2D eigenvalue weighted by Crippen LogP contribution is 2.40. The molecule has 2 aromatic carbocycles. The Morgan fingerprint density at radius 2 is 1.56 bits per heavy atom. The minimum Gasteiger partial charge on any atom is -0.492 e. The topological polar surface area (TPSA) is 156 Å². The predicted molar refractivity (Wildman–Crippen MR) is 102 cm³/mol. The van der Waals surface area contributed by atoms with Gasteiger partial charge in [0.25, 0.3) is 0 Å². The summed E-state index contributed by atoms with van der Waals surface area (Å²) in [5.41, 5.74) is -1.08. The molecule has 1 aromatic heterocycles. The number of rotatable bonds is 5. The Morgan fingerprint density at radius 1 is 0.969 bits per heavy atom. The lowest BCUT2D eigenvalue weighted by atomic mass is 10.1. The van der Waals surface area contributed by atoms with Gasteiger partial charge in [-0.25, -0.2) is 36.5 Å². The number of halogens is 4. The standard InChI is InChI=1S/C17H13F4N3O6S2/c1-29-15-11(18)6-9(7-12(15)32(23,27)28)13-14(30-16(24-13)17(19,20)21)8-2-4-10(5-3-8)31(22,25)26/h2-7H,1H3,(H2,22,25,26)(H2,23,27,28). The first kappa shape index (κ1) is 23.6. The van der Waals surface area contributed by atoms with Gasteiger partial charge in [-0.05, 0) is 36.4 Å². The zero-order chi connectivity index (χ0) is 24.1. The number of hydrogen-bond acceptors (Lipinski definition) is 7. The van der Waals surface area contributed by atoms with Gasteiger partial charge in [0.2, 0.25) is 20.0 Å². The molecule has 0 fully saturated rings. The van der Waals surface area contributed by atoms with Crippen molar-refractivity contribution in [3.8, 4) is 28.3 Å². The van der Waals surface area contributed by atoms with Crippen molar-refractivity contribution in [2.45, 2.75) is 16.0 Å². The lowest BCUT2D eigenvalue weighted by Gasteiger charge is -2.10. The summed E-state index contributed by atoms with van der Waals surface area (Å²) in [6.45, 7) is 0. The van der Waals surface area contributed by atoms with Crippen molar-refractivity contribution >= 4 is 20.0 Å². The highest BCUT2D eigenvalue weighted by molar-refractivity contribution is 7.89. The van der Waals surface area contributed by atoms with E-state index in [1.807, 2.05) is 0 Å². The quantitative estimate of drug-likeness (QED) is 0.515. The fourth-order valence-corrected chi connectivity index (χ4v) is 3.99. The molecule has 15 heteroatoms. The highest BCUT2D eigenvalue weighted by atomic mass is 32.2. The van der Waals surface area contributed by atoms with Crippen molar-refractivity contribution in [2.75, 3.05) is 7.11 Å². The number of aromatic nitrogens is 1. The van der Waals surface area contributed by atoms with Crippen molar-refractivity contribution in [2.24, 2.45) is 10.3 Å². The zero-order valence-corrected chi connectivity index (χ0v) is 17.5. The molecule has 0 aliphatic heterocycles. The minimum absolute atomic E-state index is 0.0798. The van der Waals surface area contributed by atoms with Crippen molar-refractivity contribution in [3.05, 3.63) is 48.1 Å². The monoisotopic (exact) mass is 495 g/mol. The Hall–Kier alpha value is -3.01. The van der Waals surface area contributed by atoms with E-state index >= 15 is 0 Å². The molecule has 32 heavy (non-hydrogen) atoms. The van der Waals surface area contributed by atoms with E-state index in [1.54, 1.807) is 0 Å². The van der Waals surface area contributed by atoms with Gasteiger partial charge in [-0.15, -0.1) is 0 Å². The SMILES string of the molecule is COc1c(F)cc(-c2nc(C(F)(F)F)oc2-c2ccc(S(N)(=O)=O)cc2)cc1S(N)(=O)=O. The van der Waals surface area contributed by atoms with Gasteiger partial charge in [0, 0.05) is 11.1 Å². The Bertz CT molecular complexity index is 1400. The summed E-state index contributed by atoms with van der Waals surface area (Å²) in [6.07, 6.45) is -5.04. The van der Waals surface area contributed by atoms with E-state index in [0.29, 0.717) is 6.07 Å². The number of benzene rings is 2. The molecule has 0 spiro atoms. The van der Waals surface area contributed by atoms with Gasteiger partial charge in [-0.2, -0.15) is 13.2 Å². The number of methoxy groups -OCH3 is 1. The second-order valence-corrected chi connectivity index (χ2v) is 9.39. The summed E-state index contributed by atoms with van der Waals surface area (Å²) in [5.74, 6) is -4.22. The summed E-state index contributed by atoms with van der Waals surface area (Å²) in [7, 11) is -7.66. The molecule has 4 N–H and O–H groups in total. The number of oxazole rings is 1. The Morgan fingerprint density at radius 3 is 2.03 bits per heavy atom. The Labute approximate surface area is 178 Å². The van der Waals surface area contributed by atoms with Crippen LogP contribution in [-0.4, -0.2) is 28.9 Å². The summed E-state index contributed by atoms with van der Waals surface area (Å²) < 4.78 is 110. The first-order valence-corrected chi connectivity index (χ1v) is 11.3. The number of ether oxygens (including phenoxy) is 1. The van der Waals surface area contributed by atoms with Crippen LogP contribution < -0.4 is 15.0 Å². The second-order valence-electron chi connectivity index (χ2n) is 6.30. The molecule has 1 heterocycles. The third kappa shape index (κ3) is 4.59. The van der Waals surface area contributed by atoms with E-state index in [4.69, 9.17) is 14.7 Å². The molecule has 3 rings (SSSR count). The van der Waals surface area contributed by atoms with E-state index in [-0.39, 0.29) is 10.5 Å². The fraction of sp³-hybridized carbons (Fsp3) is 0.118. The van der Waals surface area contributed by atoms with E-state index in [0.717, 1.165) is 37.4 Å². The van der Waals surface area contributed by atoms with E-state index in [1.165, 1.54) is 0 Å². The molecular formula is C17H13F4N3O6S2. The summed E-state index contributed by atoms with van der Waals surface area (Å²) in [5, 5.41) is 10.1. The maximum absolute atomic E-state index is 14.5. The van der Waals surface area contributed by atoms with Crippen LogP contribution in [0.1, 0.15) is 5.89 Å². The van der Waals surface area contributed by atoms with Crippen LogP contribution in [0.15, 0.2) is 50.6 Å². The van der Waals surface area contributed by atoms with Crippen molar-refractivity contribution in [1.29, 1.82) is 0 Å². The van der Waals surface area contributed by atoms with Crippen LogP contribution >= 0.6 is 0 Å². The van der Waals surface area contributed by atoms with Gasteiger partial charge in [0.1, 0.15) is 10.6 Å². The second kappa shape index (κ2) is 7.84. The van der Waals surface area contributed by atoms with Gasteiger partial charge in [-0.1, -0.05) is 0 Å². The van der Waals surface area contributed by atoms with Crippen LogP contribution in [0.25, 0.3) is 22.6 Å². The molecule has 0 unspecified atom stereocenters. The molecule has 0 saturated carbocycles. The average molecular weight is 495 g/mol. The van der Waals surface area contributed by atoms with Gasteiger partial charge in [0.05, 0.1) is 12.0 Å². The van der Waals surface area contributed by atoms with E-state index < -0.39 is 65.6 Å². The maximum Gasteiger partial charge on any atom is 0.468 e. The number of alkyl halides is 3. The third-order valence-corrected chi connectivity index (χ3v) is 5.95. The minimum atomic E-state index is -5.04. The van der Waals surface area contributed by atoms with Crippen LogP contribution in [-0.2, 0) is 26.2 Å². The number of sulfonamides is 2. The van der Waals surface area contributed by atoms with Gasteiger partial charge in [0.15, 0.2) is 17.3 Å². The lowest BCUT2D eigenvalue weighted by molar-refractivity contribution is -0.156. The van der Waals surface area contributed by atoms with Crippen LogP contribution in [0.2, 0.25) is 0 Å². The number of nitrogens with two attached hydrogens (primary N) is 2. The third-order valence-electron chi connectivity index (χ3n) is 4.11. The molecule has 0 radical (unpaired) electrons. The van der Waals surface area contributed by atoms with Gasteiger partial charge >= 0.3 is 12.1 Å². The first-order chi connectivity index (χ1) is 14.6. The normalized spacial score (nSPS) is 12.7. The van der Waals surface area contributed by atoms with Crippen LogP contribution in [0.3, 0.4) is 0 Å². The zero-order valence-electron chi connectivity index (χ0n) is 15.8. The Balaban J connectivity index is 2.30. The fourth-order valence-electron chi connectivity index (χ4n) is 2.74. The van der Waals surface area contributed by atoms with Crippen molar-refractivity contribution < 1.29 is 43.6 Å². The molecule has 3 aromatic rings.